The van der Waals surface area contributed by atoms with Crippen molar-refractivity contribution in [3.63, 3.8) is 0 Å². The summed E-state index contributed by atoms with van der Waals surface area (Å²) in [5.41, 5.74) is -0.490. The van der Waals surface area contributed by atoms with Gasteiger partial charge in [0.2, 0.25) is 0 Å². The number of fused-ring (bicyclic) bond motifs is 2. The van der Waals surface area contributed by atoms with Crippen molar-refractivity contribution in [2.75, 3.05) is 7.11 Å². The van der Waals surface area contributed by atoms with Crippen molar-refractivity contribution in [3.05, 3.63) is 12.2 Å². The van der Waals surface area contributed by atoms with E-state index in [0.29, 0.717) is 5.92 Å². The molecule has 0 unspecified atom stereocenters. The van der Waals surface area contributed by atoms with Crippen molar-refractivity contribution >= 4 is 5.97 Å². The maximum atomic E-state index is 10.8. The van der Waals surface area contributed by atoms with Gasteiger partial charge in [-0.25, -0.2) is 0 Å². The largest absolute Gasteiger partial charge is 0.481 e. The lowest BCUT2D eigenvalue weighted by molar-refractivity contribution is -0.148. The molecular formula is C9H12O3. The first-order valence-corrected chi connectivity index (χ1v) is 4.15. The van der Waals surface area contributed by atoms with Gasteiger partial charge in [-0.2, -0.15) is 0 Å². The number of hydrogen-bond acceptors (Lipinski definition) is 2. The van der Waals surface area contributed by atoms with Crippen LogP contribution in [0, 0.1) is 11.8 Å². The minimum atomic E-state index is -0.733. The third-order valence-corrected chi connectivity index (χ3v) is 3.04. The molecule has 1 fully saturated rings. The van der Waals surface area contributed by atoms with Gasteiger partial charge in [0.25, 0.3) is 0 Å². The number of ether oxygens (including phenoxy) is 1. The van der Waals surface area contributed by atoms with Crippen LogP contribution in [-0.4, -0.2) is 23.8 Å². The number of allylic oxidation sites excluding steroid dienone is 1. The molecule has 3 heteroatoms. The number of aliphatic carboxylic acids is 1. The Morgan fingerprint density at radius 2 is 2.50 bits per heavy atom. The highest BCUT2D eigenvalue weighted by molar-refractivity contribution is 5.73. The van der Waals surface area contributed by atoms with Crippen molar-refractivity contribution < 1.29 is 14.6 Å². The summed E-state index contributed by atoms with van der Waals surface area (Å²) >= 11 is 0. The van der Waals surface area contributed by atoms with E-state index < -0.39 is 11.6 Å². The Bertz CT molecular complexity index is 246. The third kappa shape index (κ3) is 0.829. The maximum Gasteiger partial charge on any atom is 0.309 e. The number of methoxy groups -OCH3 is 1. The molecule has 2 aliphatic carbocycles. The summed E-state index contributed by atoms with van der Waals surface area (Å²) in [5.74, 6) is -0.646. The van der Waals surface area contributed by atoms with Crippen LogP contribution in [0.15, 0.2) is 12.2 Å². The maximum absolute atomic E-state index is 10.8. The number of carboxylic acids is 1. The fourth-order valence-electron chi connectivity index (χ4n) is 2.37. The standard InChI is InChI=1S/C9H12O3/c1-12-9-3-2-6(5-9)4-7(9)8(10)11/h2-3,6-7H,4-5H2,1H3,(H,10,11)/t6-,7+,9+/m1/s1. The van der Waals surface area contributed by atoms with E-state index in [-0.39, 0.29) is 5.92 Å². The molecule has 0 amide bonds. The first-order chi connectivity index (χ1) is 5.68. The SMILES string of the molecule is CO[C@]12C=C[C@H](C[C@H]1C(=O)O)C2. The second kappa shape index (κ2) is 2.33. The zero-order valence-electron chi connectivity index (χ0n) is 6.99. The highest BCUT2D eigenvalue weighted by Gasteiger charge is 2.52. The van der Waals surface area contributed by atoms with Gasteiger partial charge in [-0.05, 0) is 18.8 Å². The topological polar surface area (TPSA) is 46.5 Å². The normalized spacial score (nSPS) is 43.8. The van der Waals surface area contributed by atoms with Gasteiger partial charge in [0.15, 0.2) is 0 Å². The second-order valence-corrected chi connectivity index (χ2v) is 3.61. The van der Waals surface area contributed by atoms with Crippen LogP contribution in [0.1, 0.15) is 12.8 Å². The molecule has 66 valence electrons. The van der Waals surface area contributed by atoms with Crippen molar-refractivity contribution in [3.8, 4) is 0 Å². The zero-order chi connectivity index (χ0) is 8.77. The molecule has 0 radical (unpaired) electrons. The predicted octanol–water partition coefficient (Wildman–Crippen LogP) is 1.05. The quantitative estimate of drug-likeness (QED) is 0.627. The van der Waals surface area contributed by atoms with Gasteiger partial charge >= 0.3 is 5.97 Å². The van der Waals surface area contributed by atoms with Crippen LogP contribution in [0.2, 0.25) is 0 Å². The summed E-state index contributed by atoms with van der Waals surface area (Å²) in [6, 6.07) is 0. The van der Waals surface area contributed by atoms with E-state index in [0.717, 1.165) is 12.8 Å². The highest BCUT2D eigenvalue weighted by Crippen LogP contribution is 2.48. The van der Waals surface area contributed by atoms with Crippen LogP contribution < -0.4 is 0 Å². The molecule has 1 N–H and O–H groups in total. The molecule has 2 aliphatic rings. The van der Waals surface area contributed by atoms with E-state index in [9.17, 15) is 4.79 Å². The smallest absolute Gasteiger partial charge is 0.309 e. The number of hydrogen-bond donors (Lipinski definition) is 1. The number of carboxylic acid groups (broad SMARTS) is 1. The van der Waals surface area contributed by atoms with Crippen molar-refractivity contribution in [1.82, 2.24) is 0 Å². The minimum absolute atomic E-state index is 0.336. The van der Waals surface area contributed by atoms with Crippen molar-refractivity contribution in [2.45, 2.75) is 18.4 Å². The average Bonchev–Trinajstić information content (AvgIpc) is 2.60. The van der Waals surface area contributed by atoms with E-state index in [4.69, 9.17) is 9.84 Å². The van der Waals surface area contributed by atoms with Gasteiger partial charge in [0.1, 0.15) is 0 Å². The summed E-state index contributed by atoms with van der Waals surface area (Å²) in [7, 11) is 1.59. The average molecular weight is 168 g/mol. The summed E-state index contributed by atoms with van der Waals surface area (Å²) in [4.78, 5) is 10.8. The first-order valence-electron chi connectivity index (χ1n) is 4.15. The minimum Gasteiger partial charge on any atom is -0.481 e. The van der Waals surface area contributed by atoms with Gasteiger partial charge in [0.05, 0.1) is 11.5 Å². The molecule has 0 saturated heterocycles. The van der Waals surface area contributed by atoms with Crippen LogP contribution in [0.25, 0.3) is 0 Å². The van der Waals surface area contributed by atoms with Gasteiger partial charge < -0.3 is 9.84 Å². The molecule has 0 spiro atoms. The van der Waals surface area contributed by atoms with Crippen molar-refractivity contribution in [1.29, 1.82) is 0 Å². The van der Waals surface area contributed by atoms with Gasteiger partial charge in [-0.3, -0.25) is 4.79 Å². The molecule has 0 heterocycles. The molecule has 1 saturated carbocycles. The Hall–Kier alpha value is -0.830. The van der Waals surface area contributed by atoms with E-state index in [1.807, 2.05) is 6.08 Å². The fourth-order valence-corrected chi connectivity index (χ4v) is 2.37. The monoisotopic (exact) mass is 168 g/mol. The molecule has 3 nitrogen and oxygen atoms in total. The molecule has 0 aliphatic heterocycles. The van der Waals surface area contributed by atoms with Crippen LogP contribution in [0.5, 0.6) is 0 Å². The summed E-state index contributed by atoms with van der Waals surface area (Å²) in [6.45, 7) is 0. The van der Waals surface area contributed by atoms with Crippen LogP contribution in [-0.2, 0) is 9.53 Å². The number of rotatable bonds is 2. The van der Waals surface area contributed by atoms with Crippen LogP contribution in [0.4, 0.5) is 0 Å². The molecule has 0 aromatic heterocycles. The molecular weight excluding hydrogens is 156 g/mol. The van der Waals surface area contributed by atoms with E-state index in [1.54, 1.807) is 7.11 Å². The van der Waals surface area contributed by atoms with Gasteiger partial charge in [-0.1, -0.05) is 12.2 Å². The van der Waals surface area contributed by atoms with Crippen LogP contribution in [0.3, 0.4) is 0 Å². The lowest BCUT2D eigenvalue weighted by atomic mass is 9.89. The Labute approximate surface area is 71.0 Å². The Morgan fingerprint density at radius 1 is 1.75 bits per heavy atom. The fraction of sp³-hybridized carbons (Fsp3) is 0.667. The molecule has 2 rings (SSSR count). The van der Waals surface area contributed by atoms with Gasteiger partial charge in [-0.15, -0.1) is 0 Å². The first kappa shape index (κ1) is 7.80. The summed E-state index contributed by atoms with van der Waals surface area (Å²) in [6.07, 6.45) is 5.57. The Balaban J connectivity index is 2.29. The van der Waals surface area contributed by atoms with Crippen molar-refractivity contribution in [2.24, 2.45) is 11.8 Å². The summed E-state index contributed by atoms with van der Waals surface area (Å²) in [5, 5.41) is 8.92. The molecule has 12 heavy (non-hydrogen) atoms. The zero-order valence-corrected chi connectivity index (χ0v) is 6.99. The van der Waals surface area contributed by atoms with E-state index >= 15 is 0 Å². The number of carbonyl (C=O) groups is 1. The van der Waals surface area contributed by atoms with E-state index in [2.05, 4.69) is 6.08 Å². The Kier molecular flexibility index (Phi) is 1.51. The van der Waals surface area contributed by atoms with Crippen LogP contribution >= 0.6 is 0 Å². The second-order valence-electron chi connectivity index (χ2n) is 3.61. The summed E-state index contributed by atoms with van der Waals surface area (Å²) < 4.78 is 5.30. The third-order valence-electron chi connectivity index (χ3n) is 3.04. The van der Waals surface area contributed by atoms with Gasteiger partial charge in [0, 0.05) is 7.11 Å². The lowest BCUT2D eigenvalue weighted by Crippen LogP contribution is -2.37. The molecule has 0 aromatic carbocycles. The lowest BCUT2D eigenvalue weighted by Gasteiger charge is -2.27. The highest BCUT2D eigenvalue weighted by atomic mass is 16.5. The molecule has 2 bridgehead atoms. The van der Waals surface area contributed by atoms with E-state index in [1.165, 1.54) is 0 Å². The Morgan fingerprint density at radius 3 is 2.92 bits per heavy atom. The molecule has 3 atom stereocenters. The molecule has 0 aromatic rings. The predicted molar refractivity (Wildman–Crippen MR) is 42.7 cm³/mol.